The van der Waals surface area contributed by atoms with Gasteiger partial charge in [-0.3, -0.25) is 0 Å². The van der Waals surface area contributed by atoms with Gasteiger partial charge in [0.2, 0.25) is 0 Å². The van der Waals surface area contributed by atoms with Gasteiger partial charge in [-0.25, -0.2) is 0 Å². The third-order valence-corrected chi connectivity index (χ3v) is 6.26. The normalized spacial score (nSPS) is 12.2. The highest BCUT2D eigenvalue weighted by Gasteiger charge is 2.18. The molecule has 0 aliphatic carbocycles. The minimum absolute atomic E-state index is 0.263. The molecule has 1 atom stereocenters. The summed E-state index contributed by atoms with van der Waals surface area (Å²) in [5.74, 6) is 2.08. The van der Waals surface area contributed by atoms with Crippen LogP contribution >= 0.6 is 46.6 Å². The van der Waals surface area contributed by atoms with Crippen molar-refractivity contribution in [1.29, 1.82) is 0 Å². The van der Waals surface area contributed by atoms with Gasteiger partial charge in [0.05, 0.1) is 0 Å². The van der Waals surface area contributed by atoms with E-state index in [0.29, 0.717) is 20.8 Å². The van der Waals surface area contributed by atoms with Crippen molar-refractivity contribution in [3.63, 3.8) is 0 Å². The van der Waals surface area contributed by atoms with Crippen molar-refractivity contribution in [2.75, 3.05) is 0 Å². The Morgan fingerprint density at radius 3 is 2.44 bits per heavy atom. The van der Waals surface area contributed by atoms with E-state index in [1.165, 1.54) is 11.8 Å². The van der Waals surface area contributed by atoms with Crippen LogP contribution in [0.25, 0.3) is 0 Å². The Labute approximate surface area is 177 Å². The van der Waals surface area contributed by atoms with E-state index in [2.05, 4.69) is 10.2 Å². The Bertz CT molecular complexity index is 941. The van der Waals surface area contributed by atoms with Gasteiger partial charge in [-0.2, -0.15) is 0 Å². The van der Waals surface area contributed by atoms with Gasteiger partial charge in [0.1, 0.15) is 5.75 Å². The van der Waals surface area contributed by atoms with Gasteiger partial charge in [0.15, 0.2) is 17.1 Å². The first kappa shape index (κ1) is 20.3. The first-order chi connectivity index (χ1) is 12.9. The van der Waals surface area contributed by atoms with E-state index in [9.17, 15) is 0 Å². The number of aromatic nitrogens is 3. The molecule has 4 nitrogen and oxygen atoms in total. The van der Waals surface area contributed by atoms with Crippen molar-refractivity contribution in [1.82, 2.24) is 14.8 Å². The van der Waals surface area contributed by atoms with Crippen LogP contribution in [-0.4, -0.2) is 14.8 Å². The summed E-state index contributed by atoms with van der Waals surface area (Å²) in [6.45, 7) is 3.88. The fraction of sp³-hybridized carbons (Fsp3) is 0.263. The van der Waals surface area contributed by atoms with E-state index in [4.69, 9.17) is 39.5 Å². The molecule has 0 aliphatic rings. The molecular formula is C19H18Cl3N3OS. The van der Waals surface area contributed by atoms with Crippen LogP contribution in [-0.2, 0) is 12.8 Å². The first-order valence-corrected chi connectivity index (χ1v) is 10.4. The lowest BCUT2D eigenvalue weighted by atomic mass is 10.2. The maximum Gasteiger partial charge on any atom is 0.191 e. The van der Waals surface area contributed by atoms with Crippen molar-refractivity contribution in [3.05, 3.63) is 68.4 Å². The van der Waals surface area contributed by atoms with Gasteiger partial charge in [-0.15, -0.1) is 10.2 Å². The third kappa shape index (κ3) is 4.72. The van der Waals surface area contributed by atoms with Gasteiger partial charge in [0.25, 0.3) is 0 Å². The van der Waals surface area contributed by atoms with E-state index in [1.807, 2.05) is 61.9 Å². The maximum atomic E-state index is 6.24. The molecule has 3 aromatic rings. The predicted molar refractivity (Wildman–Crippen MR) is 112 cm³/mol. The summed E-state index contributed by atoms with van der Waals surface area (Å²) in [6, 6.07) is 11.1. The van der Waals surface area contributed by atoms with Crippen molar-refractivity contribution < 1.29 is 4.74 Å². The summed E-state index contributed by atoms with van der Waals surface area (Å²) in [6.07, 6.45) is -0.263. The predicted octanol–water partition coefficient (Wildman–Crippen LogP) is 6.52. The molecule has 0 bridgehead atoms. The van der Waals surface area contributed by atoms with Crippen LogP contribution in [0.3, 0.4) is 0 Å². The van der Waals surface area contributed by atoms with E-state index in [0.717, 1.165) is 27.9 Å². The highest BCUT2D eigenvalue weighted by molar-refractivity contribution is 7.98. The standard InChI is InChI=1S/C19H18Cl3N3OS/c1-11-9-13(7-8-15(11)20)26-12(2)18-23-24-19(25(18)3)27-10-14-16(21)5-4-6-17(14)22/h4-9,12H,10H2,1-3H3. The minimum Gasteiger partial charge on any atom is -0.483 e. The molecule has 1 unspecified atom stereocenters. The van der Waals surface area contributed by atoms with Crippen LogP contribution in [0, 0.1) is 6.92 Å². The van der Waals surface area contributed by atoms with E-state index in [1.54, 1.807) is 0 Å². The Hall–Kier alpha value is -1.40. The van der Waals surface area contributed by atoms with Crippen molar-refractivity contribution in [2.45, 2.75) is 30.9 Å². The Morgan fingerprint density at radius 2 is 1.78 bits per heavy atom. The van der Waals surface area contributed by atoms with Crippen molar-refractivity contribution in [2.24, 2.45) is 7.05 Å². The summed E-state index contributed by atoms with van der Waals surface area (Å²) in [5.41, 5.74) is 1.85. The quantitative estimate of drug-likeness (QED) is 0.408. The number of hydrogen-bond acceptors (Lipinski definition) is 4. The lowest BCUT2D eigenvalue weighted by Crippen LogP contribution is -2.10. The van der Waals surface area contributed by atoms with Crippen molar-refractivity contribution in [3.8, 4) is 5.75 Å². The average molecular weight is 443 g/mol. The summed E-state index contributed by atoms with van der Waals surface area (Å²) >= 11 is 20.1. The monoisotopic (exact) mass is 441 g/mol. The van der Waals surface area contributed by atoms with E-state index >= 15 is 0 Å². The molecule has 142 valence electrons. The second-order valence-corrected chi connectivity index (χ2v) is 8.22. The molecule has 0 N–H and O–H groups in total. The molecule has 8 heteroatoms. The van der Waals surface area contributed by atoms with E-state index < -0.39 is 0 Å². The molecule has 2 aromatic carbocycles. The number of ether oxygens (including phenoxy) is 1. The zero-order valence-electron chi connectivity index (χ0n) is 15.0. The second kappa shape index (κ2) is 8.74. The van der Waals surface area contributed by atoms with E-state index in [-0.39, 0.29) is 6.10 Å². The molecule has 0 spiro atoms. The zero-order valence-corrected chi connectivity index (χ0v) is 18.1. The number of nitrogens with zero attached hydrogens (tertiary/aromatic N) is 3. The van der Waals surface area contributed by atoms with Crippen molar-refractivity contribution >= 4 is 46.6 Å². The third-order valence-electron chi connectivity index (χ3n) is 4.08. The minimum atomic E-state index is -0.263. The topological polar surface area (TPSA) is 39.9 Å². The molecule has 3 rings (SSSR count). The Balaban J connectivity index is 1.71. The molecule has 0 aliphatic heterocycles. The molecular weight excluding hydrogens is 425 g/mol. The summed E-state index contributed by atoms with van der Waals surface area (Å²) < 4.78 is 7.92. The van der Waals surface area contributed by atoms with Crippen LogP contribution in [0.1, 0.15) is 30.0 Å². The Morgan fingerprint density at radius 1 is 1.07 bits per heavy atom. The summed E-state index contributed by atoms with van der Waals surface area (Å²) in [7, 11) is 1.92. The van der Waals surface area contributed by atoms with Gasteiger partial charge in [0, 0.05) is 27.9 Å². The van der Waals surface area contributed by atoms with Crippen LogP contribution in [0.2, 0.25) is 15.1 Å². The maximum absolute atomic E-state index is 6.24. The van der Waals surface area contributed by atoms with Gasteiger partial charge >= 0.3 is 0 Å². The summed E-state index contributed by atoms with van der Waals surface area (Å²) in [5, 5.41) is 11.3. The fourth-order valence-electron chi connectivity index (χ4n) is 2.56. The van der Waals surface area contributed by atoms with Crippen LogP contribution in [0.15, 0.2) is 41.6 Å². The molecule has 1 aromatic heterocycles. The fourth-order valence-corrected chi connectivity index (χ4v) is 4.34. The average Bonchev–Trinajstić information content (AvgIpc) is 2.98. The molecule has 1 heterocycles. The molecule has 0 saturated heterocycles. The molecule has 0 radical (unpaired) electrons. The number of rotatable bonds is 6. The molecule has 0 amide bonds. The number of hydrogen-bond donors (Lipinski definition) is 0. The van der Waals surface area contributed by atoms with Crippen LogP contribution in [0.5, 0.6) is 5.75 Å². The first-order valence-electron chi connectivity index (χ1n) is 8.24. The zero-order chi connectivity index (χ0) is 19.6. The molecule has 0 fully saturated rings. The van der Waals surface area contributed by atoms with Crippen LogP contribution < -0.4 is 4.74 Å². The number of aryl methyl sites for hydroxylation is 1. The largest absolute Gasteiger partial charge is 0.483 e. The number of halogens is 3. The Kier molecular flexibility index (Phi) is 6.58. The van der Waals surface area contributed by atoms with Gasteiger partial charge in [-0.05, 0) is 55.3 Å². The molecule has 0 saturated carbocycles. The number of benzene rings is 2. The highest BCUT2D eigenvalue weighted by atomic mass is 35.5. The lowest BCUT2D eigenvalue weighted by Gasteiger charge is -2.15. The van der Waals surface area contributed by atoms with Gasteiger partial charge < -0.3 is 9.30 Å². The second-order valence-electron chi connectivity index (χ2n) is 6.06. The highest BCUT2D eigenvalue weighted by Crippen LogP contribution is 2.32. The smallest absolute Gasteiger partial charge is 0.191 e. The SMILES string of the molecule is Cc1cc(OC(C)c2nnc(SCc3c(Cl)cccc3Cl)n2C)ccc1Cl. The van der Waals surface area contributed by atoms with Gasteiger partial charge in [-0.1, -0.05) is 52.6 Å². The van der Waals surface area contributed by atoms with Crippen LogP contribution in [0.4, 0.5) is 0 Å². The molecule has 27 heavy (non-hydrogen) atoms. The summed E-state index contributed by atoms with van der Waals surface area (Å²) in [4.78, 5) is 0. The lowest BCUT2D eigenvalue weighted by molar-refractivity contribution is 0.211. The number of thioether (sulfide) groups is 1.